The van der Waals surface area contributed by atoms with E-state index in [1.54, 1.807) is 5.57 Å². The van der Waals surface area contributed by atoms with Crippen LogP contribution >= 0.6 is 0 Å². The molecule has 3 fully saturated rings. The van der Waals surface area contributed by atoms with Crippen molar-refractivity contribution in [2.45, 2.75) is 72.1 Å². The number of aromatic nitrogens is 2. The summed E-state index contributed by atoms with van der Waals surface area (Å²) in [7, 11) is 4.12. The van der Waals surface area contributed by atoms with Crippen molar-refractivity contribution in [2.75, 3.05) is 10.9 Å². The second kappa shape index (κ2) is 10.2. The summed E-state index contributed by atoms with van der Waals surface area (Å²) in [6.07, 6.45) is 16.7. The van der Waals surface area contributed by atoms with Crippen LogP contribution in [-0.2, 0) is 14.1 Å². The number of allylic oxidation sites excluding steroid dienone is 2. The molecule has 0 spiro atoms. The number of hydrogen-bond donors (Lipinski definition) is 2. The summed E-state index contributed by atoms with van der Waals surface area (Å²) in [6.45, 7) is 7.44. The van der Waals surface area contributed by atoms with Crippen molar-refractivity contribution in [1.29, 1.82) is 0 Å². The lowest BCUT2D eigenvalue weighted by Gasteiger charge is -2.58. The van der Waals surface area contributed by atoms with E-state index in [0.717, 1.165) is 35.8 Å². The molecule has 6 heteroatoms. The van der Waals surface area contributed by atoms with Gasteiger partial charge in [-0.15, -0.1) is 10.9 Å². The molecule has 0 saturated heterocycles. The fraction of sp³-hybridized carbons (Fsp3) is 0.576. The molecule has 6 atom stereocenters. The normalized spacial score (nSPS) is 35.1. The Hall–Kier alpha value is -3.02. The number of anilines is 2. The zero-order chi connectivity index (χ0) is 27.2. The molecule has 0 bridgehead atoms. The van der Waals surface area contributed by atoms with Gasteiger partial charge in [-0.25, -0.2) is 9.13 Å². The number of hydrazone groups is 2. The zero-order valence-corrected chi connectivity index (χ0v) is 24.5. The molecule has 3 saturated carbocycles. The van der Waals surface area contributed by atoms with Crippen molar-refractivity contribution in [1.82, 2.24) is 0 Å². The predicted molar refractivity (Wildman–Crippen MR) is 158 cm³/mol. The van der Waals surface area contributed by atoms with Crippen LogP contribution in [0.25, 0.3) is 0 Å². The summed E-state index contributed by atoms with van der Waals surface area (Å²) in [6, 6.07) is 12.4. The number of aryl methyl sites for hydroxylation is 2. The van der Waals surface area contributed by atoms with Gasteiger partial charge in [0.1, 0.15) is 0 Å². The van der Waals surface area contributed by atoms with Gasteiger partial charge in [-0.3, -0.25) is 0 Å². The molecule has 4 aliphatic carbocycles. The maximum atomic E-state index is 4.93. The first-order chi connectivity index (χ1) is 18.8. The van der Waals surface area contributed by atoms with Crippen LogP contribution in [0, 0.1) is 34.5 Å². The maximum absolute atomic E-state index is 4.93. The van der Waals surface area contributed by atoms with Gasteiger partial charge in [0.15, 0.2) is 0 Å². The Kier molecular flexibility index (Phi) is 6.84. The molecule has 206 valence electrons. The van der Waals surface area contributed by atoms with Crippen molar-refractivity contribution in [3.05, 3.63) is 60.4 Å². The first-order valence-corrected chi connectivity index (χ1v) is 15.0. The summed E-state index contributed by atoms with van der Waals surface area (Å²) in [5.74, 6) is 5.08. The lowest BCUT2D eigenvalue weighted by atomic mass is 9.46. The van der Waals surface area contributed by atoms with Crippen LogP contribution in [-0.4, -0.2) is 11.4 Å². The SMILES string of the molecule is C/C(=N\Nc1cccc[n+]1C)[C@H]1CC[C@H]2[C@@H]3CCC4=C/C(=N/Nc5cccc[n+]5C)CC[C@]4(C)[C@H]3CC[C@]12C. The molecule has 0 amide bonds. The molecule has 0 unspecified atom stereocenters. The minimum atomic E-state index is 0.325. The Labute approximate surface area is 234 Å². The smallest absolute Gasteiger partial charge is 0.235 e. The van der Waals surface area contributed by atoms with Gasteiger partial charge in [0.25, 0.3) is 11.6 Å². The fourth-order valence-corrected chi connectivity index (χ4v) is 8.98. The van der Waals surface area contributed by atoms with E-state index in [4.69, 9.17) is 10.2 Å². The number of fused-ring (bicyclic) bond motifs is 5. The van der Waals surface area contributed by atoms with Gasteiger partial charge in [-0.2, -0.15) is 0 Å². The highest BCUT2D eigenvalue weighted by atomic mass is 15.3. The van der Waals surface area contributed by atoms with Crippen LogP contribution < -0.4 is 20.0 Å². The molecular formula is C33H46N6+2. The van der Waals surface area contributed by atoms with Crippen molar-refractivity contribution in [3.8, 4) is 0 Å². The minimum absolute atomic E-state index is 0.325. The average Bonchev–Trinajstić information content (AvgIpc) is 3.29. The van der Waals surface area contributed by atoms with Crippen molar-refractivity contribution >= 4 is 23.1 Å². The Balaban J connectivity index is 1.17. The van der Waals surface area contributed by atoms with E-state index < -0.39 is 0 Å². The van der Waals surface area contributed by atoms with E-state index in [2.05, 4.69) is 104 Å². The van der Waals surface area contributed by atoms with Crippen molar-refractivity contribution in [3.63, 3.8) is 0 Å². The lowest BCUT2D eigenvalue weighted by Crippen LogP contribution is -2.51. The van der Waals surface area contributed by atoms with Gasteiger partial charge in [0.2, 0.25) is 0 Å². The van der Waals surface area contributed by atoms with E-state index in [1.165, 1.54) is 56.4 Å². The molecule has 2 heterocycles. The Morgan fingerprint density at radius 3 is 2.28 bits per heavy atom. The van der Waals surface area contributed by atoms with E-state index >= 15 is 0 Å². The Morgan fingerprint density at radius 1 is 0.846 bits per heavy atom. The molecular weight excluding hydrogens is 480 g/mol. The molecule has 2 aromatic heterocycles. The monoisotopic (exact) mass is 526 g/mol. The third-order valence-corrected chi connectivity index (χ3v) is 11.3. The zero-order valence-electron chi connectivity index (χ0n) is 24.5. The molecule has 0 aliphatic heterocycles. The van der Waals surface area contributed by atoms with E-state index in [0.29, 0.717) is 16.7 Å². The van der Waals surface area contributed by atoms with Gasteiger partial charge in [-0.05, 0) is 105 Å². The minimum Gasteiger partial charge on any atom is -0.235 e. The summed E-state index contributed by atoms with van der Waals surface area (Å²) in [5.41, 5.74) is 11.5. The maximum Gasteiger partial charge on any atom is 0.299 e. The molecule has 6 nitrogen and oxygen atoms in total. The van der Waals surface area contributed by atoms with Gasteiger partial charge in [0.05, 0.1) is 37.9 Å². The largest absolute Gasteiger partial charge is 0.299 e. The second-order valence-corrected chi connectivity index (χ2v) is 13.2. The Morgan fingerprint density at radius 2 is 1.56 bits per heavy atom. The van der Waals surface area contributed by atoms with Crippen molar-refractivity contribution in [2.24, 2.45) is 58.8 Å². The molecule has 2 aromatic rings. The van der Waals surface area contributed by atoms with Gasteiger partial charge >= 0.3 is 0 Å². The fourth-order valence-electron chi connectivity index (χ4n) is 8.98. The molecule has 4 aliphatic rings. The summed E-state index contributed by atoms with van der Waals surface area (Å²) in [4.78, 5) is 0. The third-order valence-electron chi connectivity index (χ3n) is 11.3. The number of nitrogens with one attached hydrogen (secondary N) is 2. The highest BCUT2D eigenvalue weighted by Gasteiger charge is 2.59. The molecule has 0 aromatic carbocycles. The number of rotatable bonds is 5. The first-order valence-electron chi connectivity index (χ1n) is 15.0. The van der Waals surface area contributed by atoms with Crippen LogP contribution in [0.2, 0.25) is 0 Å². The van der Waals surface area contributed by atoms with Crippen LogP contribution in [0.1, 0.15) is 72.1 Å². The predicted octanol–water partition coefficient (Wildman–Crippen LogP) is 6.17. The van der Waals surface area contributed by atoms with E-state index in [1.807, 2.05) is 6.07 Å². The van der Waals surface area contributed by atoms with Crippen molar-refractivity contribution < 1.29 is 9.13 Å². The standard InChI is InChI=1S/C33H44N6/c1-23(34-36-30-10-6-8-20-38(30)4)27-14-15-28-26-13-12-24-22-25(35-37-31-11-7-9-21-39(31)5)16-18-32(24,2)29(26)17-19-33(27,28)3/h6-11,20-22,26-29H,12-19H2,1-5H3/p+2/b34-23+,35-25+/t26-,27+,28-,29-,32-,33+/m0/s1. The number of nitrogens with zero attached hydrogens (tertiary/aromatic N) is 4. The Bertz CT molecular complexity index is 1330. The van der Waals surface area contributed by atoms with Crippen LogP contribution in [0.4, 0.5) is 11.6 Å². The highest BCUT2D eigenvalue weighted by molar-refractivity contribution is 5.97. The quantitative estimate of drug-likeness (QED) is 0.278. The van der Waals surface area contributed by atoms with Gasteiger partial charge in [0, 0.05) is 18.1 Å². The molecule has 39 heavy (non-hydrogen) atoms. The summed E-state index contributed by atoms with van der Waals surface area (Å²) >= 11 is 0. The van der Waals surface area contributed by atoms with E-state index in [9.17, 15) is 0 Å². The van der Waals surface area contributed by atoms with Gasteiger partial charge in [-0.1, -0.05) is 41.8 Å². The molecule has 0 radical (unpaired) electrons. The molecule has 6 rings (SSSR count). The van der Waals surface area contributed by atoms with Crippen LogP contribution in [0.5, 0.6) is 0 Å². The van der Waals surface area contributed by atoms with Crippen LogP contribution in [0.15, 0.2) is 70.6 Å². The topological polar surface area (TPSA) is 56.5 Å². The average molecular weight is 527 g/mol. The number of hydrogen-bond acceptors (Lipinski definition) is 4. The lowest BCUT2D eigenvalue weighted by molar-refractivity contribution is -0.657. The third kappa shape index (κ3) is 4.60. The first kappa shape index (κ1) is 26.2. The second-order valence-electron chi connectivity index (χ2n) is 13.2. The number of pyridine rings is 2. The summed E-state index contributed by atoms with van der Waals surface area (Å²) < 4.78 is 4.17. The molecule has 2 N–H and O–H groups in total. The van der Waals surface area contributed by atoms with Crippen LogP contribution in [0.3, 0.4) is 0 Å². The summed E-state index contributed by atoms with van der Waals surface area (Å²) in [5, 5.41) is 9.75. The van der Waals surface area contributed by atoms with E-state index in [-0.39, 0.29) is 0 Å². The highest BCUT2D eigenvalue weighted by Crippen LogP contribution is 2.66. The van der Waals surface area contributed by atoms with Gasteiger partial charge < -0.3 is 0 Å².